The van der Waals surface area contributed by atoms with Crippen molar-refractivity contribution < 1.29 is 4.74 Å². The molecule has 0 spiro atoms. The van der Waals surface area contributed by atoms with Crippen LogP contribution in [0.2, 0.25) is 0 Å². The Labute approximate surface area is 98.2 Å². The molecule has 1 heterocycles. The molecule has 0 amide bonds. The van der Waals surface area contributed by atoms with Gasteiger partial charge in [-0.15, -0.1) is 0 Å². The van der Waals surface area contributed by atoms with E-state index in [0.717, 1.165) is 18.8 Å². The van der Waals surface area contributed by atoms with E-state index in [1.807, 2.05) is 6.07 Å². The summed E-state index contributed by atoms with van der Waals surface area (Å²) in [5, 5.41) is 3.39. The first-order chi connectivity index (χ1) is 6.83. The predicted octanol–water partition coefficient (Wildman–Crippen LogP) is 2.38. The molecule has 1 fully saturated rings. The van der Waals surface area contributed by atoms with Gasteiger partial charge in [-0.3, -0.25) is 0 Å². The van der Waals surface area contributed by atoms with E-state index in [2.05, 4.69) is 40.0 Å². The third-order valence-electron chi connectivity index (χ3n) is 2.71. The topological polar surface area (TPSA) is 21.3 Å². The van der Waals surface area contributed by atoms with Gasteiger partial charge in [0.2, 0.25) is 0 Å². The van der Waals surface area contributed by atoms with Gasteiger partial charge in [0, 0.05) is 6.54 Å². The third-order valence-corrected chi connectivity index (χ3v) is 3.87. The van der Waals surface area contributed by atoms with Gasteiger partial charge in [0.25, 0.3) is 0 Å². The van der Waals surface area contributed by atoms with Gasteiger partial charge in [0.15, 0.2) is 0 Å². The zero-order valence-corrected chi connectivity index (χ0v) is 10.4. The van der Waals surface area contributed by atoms with Crippen LogP contribution in [0.4, 0.5) is 0 Å². The van der Waals surface area contributed by atoms with Crippen molar-refractivity contribution in [1.82, 2.24) is 5.32 Å². The number of hydrogen-bond donors (Lipinski definition) is 1. The van der Waals surface area contributed by atoms with E-state index in [1.165, 1.54) is 15.6 Å². The zero-order chi connectivity index (χ0) is 9.97. The van der Waals surface area contributed by atoms with Crippen LogP contribution in [-0.2, 0) is 0 Å². The van der Waals surface area contributed by atoms with Crippen molar-refractivity contribution in [2.24, 2.45) is 0 Å². The third kappa shape index (κ3) is 1.88. The molecule has 2 rings (SSSR count). The average Bonchev–Trinajstić information content (AvgIpc) is 2.71. The molecule has 1 aliphatic heterocycles. The van der Waals surface area contributed by atoms with E-state index in [-0.39, 0.29) is 0 Å². The number of rotatable bonds is 2. The number of methoxy groups -OCH3 is 1. The highest BCUT2D eigenvalue weighted by Gasteiger charge is 2.20. The average molecular weight is 303 g/mol. The van der Waals surface area contributed by atoms with E-state index in [4.69, 9.17) is 4.74 Å². The molecule has 1 aliphatic rings. The molecule has 0 radical (unpaired) electrons. The first-order valence-corrected chi connectivity index (χ1v) is 5.94. The van der Waals surface area contributed by atoms with Crippen LogP contribution in [0.25, 0.3) is 0 Å². The molecule has 0 bridgehead atoms. The van der Waals surface area contributed by atoms with Gasteiger partial charge in [-0.25, -0.2) is 0 Å². The summed E-state index contributed by atoms with van der Waals surface area (Å²) in [4.78, 5) is 0. The summed E-state index contributed by atoms with van der Waals surface area (Å²) in [6, 6.07) is 6.31. The number of nitrogens with one attached hydrogen (secondary N) is 1. The highest BCUT2D eigenvalue weighted by Crippen LogP contribution is 2.32. The van der Waals surface area contributed by atoms with Crippen LogP contribution in [0.3, 0.4) is 0 Å². The molecule has 0 aromatic heterocycles. The van der Waals surface area contributed by atoms with Crippen LogP contribution in [0.15, 0.2) is 18.2 Å². The quantitative estimate of drug-likeness (QED) is 0.847. The Morgan fingerprint density at radius 1 is 1.50 bits per heavy atom. The molecule has 2 nitrogen and oxygen atoms in total. The van der Waals surface area contributed by atoms with Crippen LogP contribution in [0, 0.1) is 3.57 Å². The summed E-state index contributed by atoms with van der Waals surface area (Å²) >= 11 is 2.38. The van der Waals surface area contributed by atoms with E-state index < -0.39 is 0 Å². The first kappa shape index (κ1) is 10.2. The fourth-order valence-corrected chi connectivity index (χ4v) is 2.94. The van der Waals surface area contributed by atoms with Crippen molar-refractivity contribution in [3.05, 3.63) is 27.3 Å². The number of ether oxygens (including phenoxy) is 1. The lowest BCUT2D eigenvalue weighted by Crippen LogP contribution is -2.09. The number of hydrogen-bond acceptors (Lipinski definition) is 2. The van der Waals surface area contributed by atoms with Crippen molar-refractivity contribution in [3.8, 4) is 5.75 Å². The molecule has 1 atom stereocenters. The van der Waals surface area contributed by atoms with Crippen molar-refractivity contribution in [2.45, 2.75) is 12.3 Å². The number of halogens is 1. The van der Waals surface area contributed by atoms with E-state index >= 15 is 0 Å². The maximum absolute atomic E-state index is 5.32. The highest BCUT2D eigenvalue weighted by molar-refractivity contribution is 14.1. The summed E-state index contributed by atoms with van der Waals surface area (Å²) < 4.78 is 6.58. The molecule has 1 unspecified atom stereocenters. The van der Waals surface area contributed by atoms with Gasteiger partial charge in [-0.1, -0.05) is 12.1 Å². The monoisotopic (exact) mass is 303 g/mol. The molecular weight excluding hydrogens is 289 g/mol. The molecule has 1 aromatic carbocycles. The Morgan fingerprint density at radius 3 is 3.00 bits per heavy atom. The fraction of sp³-hybridized carbons (Fsp3) is 0.455. The van der Waals surface area contributed by atoms with Gasteiger partial charge >= 0.3 is 0 Å². The zero-order valence-electron chi connectivity index (χ0n) is 8.22. The van der Waals surface area contributed by atoms with Gasteiger partial charge in [0.1, 0.15) is 5.75 Å². The summed E-state index contributed by atoms with van der Waals surface area (Å²) in [6.45, 7) is 2.24. The second-order valence-corrected chi connectivity index (χ2v) is 4.63. The van der Waals surface area contributed by atoms with Crippen LogP contribution < -0.4 is 10.1 Å². The molecular formula is C11H14INO. The maximum Gasteiger partial charge on any atom is 0.132 e. The lowest BCUT2D eigenvalue weighted by molar-refractivity contribution is 0.410. The second-order valence-electron chi connectivity index (χ2n) is 3.55. The van der Waals surface area contributed by atoms with E-state index in [9.17, 15) is 0 Å². The second kappa shape index (κ2) is 4.49. The van der Waals surface area contributed by atoms with Crippen molar-refractivity contribution in [3.63, 3.8) is 0 Å². The smallest absolute Gasteiger partial charge is 0.132 e. The molecule has 3 heteroatoms. The summed E-state index contributed by atoms with van der Waals surface area (Å²) in [5.74, 6) is 1.66. The largest absolute Gasteiger partial charge is 0.496 e. The van der Waals surface area contributed by atoms with Crippen LogP contribution in [0.1, 0.15) is 17.9 Å². The van der Waals surface area contributed by atoms with Crippen molar-refractivity contribution in [1.29, 1.82) is 0 Å². The van der Waals surface area contributed by atoms with Crippen LogP contribution >= 0.6 is 22.6 Å². The molecule has 1 aromatic rings. The SMILES string of the molecule is COc1cccc(C2CCNC2)c1I. The fourth-order valence-electron chi connectivity index (χ4n) is 1.92. The first-order valence-electron chi connectivity index (χ1n) is 4.86. The Balaban J connectivity index is 2.32. The molecule has 1 N–H and O–H groups in total. The van der Waals surface area contributed by atoms with Crippen LogP contribution in [-0.4, -0.2) is 20.2 Å². The van der Waals surface area contributed by atoms with Gasteiger partial charge in [0.05, 0.1) is 10.7 Å². The van der Waals surface area contributed by atoms with Gasteiger partial charge < -0.3 is 10.1 Å². The van der Waals surface area contributed by atoms with Crippen molar-refractivity contribution in [2.75, 3.05) is 20.2 Å². The molecule has 1 saturated heterocycles. The minimum absolute atomic E-state index is 0.664. The minimum atomic E-state index is 0.664. The predicted molar refractivity (Wildman–Crippen MR) is 65.9 cm³/mol. The molecule has 0 aliphatic carbocycles. The normalized spacial score (nSPS) is 21.1. The molecule has 14 heavy (non-hydrogen) atoms. The lowest BCUT2D eigenvalue weighted by atomic mass is 9.98. The Bertz CT molecular complexity index is 321. The summed E-state index contributed by atoms with van der Waals surface area (Å²) in [5.41, 5.74) is 1.43. The summed E-state index contributed by atoms with van der Waals surface area (Å²) in [7, 11) is 1.73. The Kier molecular flexibility index (Phi) is 3.28. The highest BCUT2D eigenvalue weighted by atomic mass is 127. The Hall–Kier alpha value is -0.290. The van der Waals surface area contributed by atoms with E-state index in [0.29, 0.717) is 5.92 Å². The van der Waals surface area contributed by atoms with Crippen LogP contribution in [0.5, 0.6) is 5.75 Å². The minimum Gasteiger partial charge on any atom is -0.496 e. The van der Waals surface area contributed by atoms with Crippen molar-refractivity contribution >= 4 is 22.6 Å². The molecule has 76 valence electrons. The maximum atomic E-state index is 5.32. The van der Waals surface area contributed by atoms with Gasteiger partial charge in [-0.2, -0.15) is 0 Å². The van der Waals surface area contributed by atoms with Gasteiger partial charge in [-0.05, 0) is 53.1 Å². The number of benzene rings is 1. The Morgan fingerprint density at radius 2 is 2.36 bits per heavy atom. The van der Waals surface area contributed by atoms with E-state index in [1.54, 1.807) is 7.11 Å². The molecule has 0 saturated carbocycles. The lowest BCUT2D eigenvalue weighted by Gasteiger charge is -2.13. The summed E-state index contributed by atoms with van der Waals surface area (Å²) in [6.07, 6.45) is 1.24. The standard InChI is InChI=1S/C11H14INO/c1-14-10-4-2-3-9(11(10)12)8-5-6-13-7-8/h2-4,8,13H,5-7H2,1H3.